The number of hydrogen-bond donors (Lipinski definition) is 2. The highest BCUT2D eigenvalue weighted by Gasteiger charge is 2.61. The summed E-state index contributed by atoms with van der Waals surface area (Å²) in [5.74, 6) is 0.577. The molecule has 0 fully saturated rings. The molecule has 4 nitrogen and oxygen atoms in total. The molecule has 30 heavy (non-hydrogen) atoms. The van der Waals surface area contributed by atoms with E-state index >= 15 is 0 Å². The van der Waals surface area contributed by atoms with E-state index in [0.717, 1.165) is 5.56 Å². The fourth-order valence-corrected chi connectivity index (χ4v) is 4.34. The number of aliphatic hydroxyl groups is 1. The molecular weight excluding hydrogens is 391 g/mol. The van der Waals surface area contributed by atoms with Crippen LogP contribution in [-0.2, 0) is 5.41 Å². The first-order valence-electron chi connectivity index (χ1n) is 9.90. The molecule has 1 aliphatic carbocycles. The van der Waals surface area contributed by atoms with Gasteiger partial charge in [0.1, 0.15) is 5.82 Å². The van der Waals surface area contributed by atoms with Crippen molar-refractivity contribution in [3.63, 3.8) is 0 Å². The monoisotopic (exact) mass is 415 g/mol. The van der Waals surface area contributed by atoms with Crippen LogP contribution in [0.4, 0.5) is 18.9 Å². The average Bonchev–Trinajstić information content (AvgIpc) is 2.77. The van der Waals surface area contributed by atoms with Gasteiger partial charge in [-0.2, -0.15) is 13.2 Å². The number of halogens is 3. The van der Waals surface area contributed by atoms with Gasteiger partial charge in [0.05, 0.1) is 11.6 Å². The van der Waals surface area contributed by atoms with E-state index in [1.54, 1.807) is 43.5 Å². The van der Waals surface area contributed by atoms with Crippen molar-refractivity contribution < 1.29 is 18.3 Å². The van der Waals surface area contributed by atoms with Gasteiger partial charge in [-0.15, -0.1) is 0 Å². The van der Waals surface area contributed by atoms with Crippen LogP contribution >= 0.6 is 0 Å². The molecule has 0 aliphatic heterocycles. The van der Waals surface area contributed by atoms with Gasteiger partial charge in [0.2, 0.25) is 0 Å². The topological polar surface area (TPSA) is 58.0 Å². The zero-order valence-corrected chi connectivity index (χ0v) is 17.1. The summed E-state index contributed by atoms with van der Waals surface area (Å²) in [7, 11) is 0. The standard InChI is InChI=1S/C23H24F3N3O/c1-14-27-13-16-18(28-14)9-6-10-19(16)29-20-15-7-4-5-8-17(15)21(2,3)11-12-22(20,30)23(24,25)26/h4-10,13,20,29-30H,11-12H2,1-3H3. The first kappa shape index (κ1) is 20.6. The molecule has 2 N–H and O–H groups in total. The number of fused-ring (bicyclic) bond motifs is 2. The minimum absolute atomic E-state index is 0.204. The molecule has 4 rings (SSSR count). The summed E-state index contributed by atoms with van der Waals surface area (Å²) in [4.78, 5) is 8.56. The number of aromatic nitrogens is 2. The van der Waals surface area contributed by atoms with Crippen molar-refractivity contribution in [3.8, 4) is 0 Å². The second-order valence-electron chi connectivity index (χ2n) is 8.63. The van der Waals surface area contributed by atoms with Crippen LogP contribution in [0.1, 0.15) is 49.7 Å². The van der Waals surface area contributed by atoms with Crippen LogP contribution in [0.15, 0.2) is 48.7 Å². The molecule has 0 saturated carbocycles. The molecule has 1 heterocycles. The molecule has 2 unspecified atom stereocenters. The Labute approximate surface area is 173 Å². The average molecular weight is 415 g/mol. The minimum Gasteiger partial charge on any atom is -0.379 e. The summed E-state index contributed by atoms with van der Waals surface area (Å²) in [6, 6.07) is 10.9. The van der Waals surface area contributed by atoms with Gasteiger partial charge >= 0.3 is 6.18 Å². The third kappa shape index (κ3) is 3.31. The summed E-state index contributed by atoms with van der Waals surface area (Å²) in [5.41, 5.74) is -1.10. The van der Waals surface area contributed by atoms with Crippen molar-refractivity contribution in [2.24, 2.45) is 0 Å². The number of nitrogens with one attached hydrogen (secondary N) is 1. The van der Waals surface area contributed by atoms with Crippen molar-refractivity contribution >= 4 is 16.6 Å². The fourth-order valence-electron chi connectivity index (χ4n) is 4.34. The number of hydrogen-bond acceptors (Lipinski definition) is 4. The van der Waals surface area contributed by atoms with Gasteiger partial charge in [0.15, 0.2) is 5.60 Å². The Morgan fingerprint density at radius 2 is 1.80 bits per heavy atom. The third-order valence-electron chi connectivity index (χ3n) is 6.15. The van der Waals surface area contributed by atoms with Gasteiger partial charge in [0, 0.05) is 17.3 Å². The maximum atomic E-state index is 14.3. The Morgan fingerprint density at radius 1 is 1.07 bits per heavy atom. The molecule has 7 heteroatoms. The van der Waals surface area contributed by atoms with Gasteiger partial charge in [0.25, 0.3) is 0 Å². The first-order valence-corrected chi connectivity index (χ1v) is 9.90. The summed E-state index contributed by atoms with van der Waals surface area (Å²) >= 11 is 0. The van der Waals surface area contributed by atoms with E-state index in [4.69, 9.17) is 0 Å². The molecule has 0 amide bonds. The maximum Gasteiger partial charge on any atom is 0.419 e. The number of rotatable bonds is 2. The van der Waals surface area contributed by atoms with Crippen LogP contribution in [0.5, 0.6) is 0 Å². The molecule has 0 bridgehead atoms. The Hall–Kier alpha value is -2.67. The van der Waals surface area contributed by atoms with E-state index in [9.17, 15) is 18.3 Å². The smallest absolute Gasteiger partial charge is 0.379 e. The number of benzene rings is 2. The maximum absolute atomic E-state index is 14.3. The predicted octanol–water partition coefficient (Wildman–Crippen LogP) is 5.46. The van der Waals surface area contributed by atoms with Crippen LogP contribution in [0.2, 0.25) is 0 Å². The van der Waals surface area contributed by atoms with Crippen LogP contribution in [0.25, 0.3) is 10.9 Å². The number of alkyl halides is 3. The van der Waals surface area contributed by atoms with Crippen LogP contribution < -0.4 is 5.32 Å². The largest absolute Gasteiger partial charge is 0.419 e. The summed E-state index contributed by atoms with van der Waals surface area (Å²) < 4.78 is 42.8. The quantitative estimate of drug-likeness (QED) is 0.546. The molecule has 158 valence electrons. The van der Waals surface area contributed by atoms with Crippen molar-refractivity contribution in [2.45, 2.75) is 56.8 Å². The number of anilines is 1. The third-order valence-corrected chi connectivity index (χ3v) is 6.15. The second-order valence-corrected chi connectivity index (χ2v) is 8.63. The lowest BCUT2D eigenvalue weighted by atomic mass is 9.79. The summed E-state index contributed by atoms with van der Waals surface area (Å²) in [6.45, 7) is 5.59. The Bertz CT molecular complexity index is 1100. The van der Waals surface area contributed by atoms with Crippen LogP contribution in [0.3, 0.4) is 0 Å². The lowest BCUT2D eigenvalue weighted by Crippen LogP contribution is -2.52. The van der Waals surface area contributed by atoms with E-state index in [0.29, 0.717) is 28.0 Å². The van der Waals surface area contributed by atoms with Gasteiger partial charge < -0.3 is 10.4 Å². The van der Waals surface area contributed by atoms with Crippen molar-refractivity contribution in [1.29, 1.82) is 0 Å². The summed E-state index contributed by atoms with van der Waals surface area (Å²) in [5, 5.41) is 14.7. The fraction of sp³-hybridized carbons (Fsp3) is 0.391. The molecule has 1 aliphatic rings. The van der Waals surface area contributed by atoms with E-state index in [-0.39, 0.29) is 6.42 Å². The van der Waals surface area contributed by atoms with Crippen molar-refractivity contribution in [1.82, 2.24) is 9.97 Å². The van der Waals surface area contributed by atoms with Gasteiger partial charge in [-0.3, -0.25) is 0 Å². The number of nitrogens with zero attached hydrogens (tertiary/aromatic N) is 2. The molecule has 0 spiro atoms. The van der Waals surface area contributed by atoms with E-state index in [2.05, 4.69) is 15.3 Å². The van der Waals surface area contributed by atoms with E-state index < -0.39 is 29.7 Å². The Balaban J connectivity index is 1.92. The molecule has 3 aromatic rings. The summed E-state index contributed by atoms with van der Waals surface area (Å²) in [6.07, 6.45) is -3.42. The Morgan fingerprint density at radius 3 is 2.53 bits per heavy atom. The number of aryl methyl sites for hydroxylation is 1. The van der Waals surface area contributed by atoms with Gasteiger partial charge in [-0.05, 0) is 48.4 Å². The highest BCUT2D eigenvalue weighted by Crippen LogP contribution is 2.51. The second kappa shape index (κ2) is 6.94. The van der Waals surface area contributed by atoms with Crippen molar-refractivity contribution in [2.75, 3.05) is 5.32 Å². The molecule has 2 atom stereocenters. The van der Waals surface area contributed by atoms with Gasteiger partial charge in [-0.1, -0.05) is 44.2 Å². The van der Waals surface area contributed by atoms with Crippen molar-refractivity contribution in [3.05, 3.63) is 65.6 Å². The first-order chi connectivity index (χ1) is 14.0. The highest BCUT2D eigenvalue weighted by atomic mass is 19.4. The molecular formula is C23H24F3N3O. The minimum atomic E-state index is -4.81. The molecule has 1 aromatic heterocycles. The van der Waals surface area contributed by atoms with E-state index in [1.807, 2.05) is 26.0 Å². The van der Waals surface area contributed by atoms with Crippen LogP contribution in [0, 0.1) is 6.92 Å². The molecule has 2 aromatic carbocycles. The van der Waals surface area contributed by atoms with Crippen LogP contribution in [-0.4, -0.2) is 26.9 Å². The molecule has 0 radical (unpaired) electrons. The van der Waals surface area contributed by atoms with Gasteiger partial charge in [-0.25, -0.2) is 9.97 Å². The predicted molar refractivity (Wildman–Crippen MR) is 110 cm³/mol. The normalized spacial score (nSPS) is 23.6. The lowest BCUT2D eigenvalue weighted by Gasteiger charge is -2.38. The lowest BCUT2D eigenvalue weighted by molar-refractivity contribution is -0.269. The zero-order valence-electron chi connectivity index (χ0n) is 17.1. The highest BCUT2D eigenvalue weighted by molar-refractivity contribution is 5.90. The zero-order chi connectivity index (χ0) is 21.7. The van der Waals surface area contributed by atoms with E-state index in [1.165, 1.54) is 0 Å². The molecule has 0 saturated heterocycles. The Kier molecular flexibility index (Phi) is 4.77. The SMILES string of the molecule is Cc1ncc2c(NC3c4ccccc4C(C)(C)CCC3(O)C(F)(F)F)cccc2n1.